The lowest BCUT2D eigenvalue weighted by molar-refractivity contribution is 0.414. The minimum Gasteiger partial charge on any atom is -0.368 e. The highest BCUT2D eigenvalue weighted by Gasteiger charge is 2.19. The van der Waals surface area contributed by atoms with Crippen molar-refractivity contribution >= 4 is 23.4 Å². The second-order valence-corrected chi connectivity index (χ2v) is 4.21. The molecule has 6 heteroatoms. The second-order valence-electron chi connectivity index (χ2n) is 3.83. The number of hydrogen-bond donors (Lipinski definition) is 2. The zero-order valence-electron chi connectivity index (χ0n) is 8.57. The minimum absolute atomic E-state index is 0.205. The van der Waals surface area contributed by atoms with Crippen molar-refractivity contribution in [3.05, 3.63) is 11.2 Å². The van der Waals surface area contributed by atoms with Crippen molar-refractivity contribution in [1.29, 1.82) is 0 Å². The van der Waals surface area contributed by atoms with Gasteiger partial charge in [-0.15, -0.1) is 0 Å². The normalized spacial score (nSPS) is 21.9. The van der Waals surface area contributed by atoms with E-state index in [2.05, 4.69) is 27.2 Å². The van der Waals surface area contributed by atoms with Crippen molar-refractivity contribution in [2.45, 2.75) is 12.5 Å². The number of halogens is 1. The maximum Gasteiger partial charge on any atom is 0.223 e. The van der Waals surface area contributed by atoms with Crippen LogP contribution in [0.3, 0.4) is 0 Å². The maximum atomic E-state index is 5.78. The summed E-state index contributed by atoms with van der Waals surface area (Å²) < 4.78 is 0. The first-order valence-electron chi connectivity index (χ1n) is 4.88. The van der Waals surface area contributed by atoms with Gasteiger partial charge in [-0.25, -0.2) is 4.98 Å². The molecular weight excluding hydrogens is 214 g/mol. The van der Waals surface area contributed by atoms with Gasteiger partial charge in [-0.05, 0) is 20.0 Å². The molecule has 1 aromatic heterocycles. The fourth-order valence-electron chi connectivity index (χ4n) is 1.77. The van der Waals surface area contributed by atoms with Crippen LogP contribution in [0.2, 0.25) is 5.15 Å². The SMILES string of the molecule is CN1CCC(Nc2cc(Cl)nc(N)n2)C1. The number of nitrogens with two attached hydrogens (primary N) is 1. The molecule has 2 heterocycles. The highest BCUT2D eigenvalue weighted by Crippen LogP contribution is 2.16. The average molecular weight is 228 g/mol. The van der Waals surface area contributed by atoms with Gasteiger partial charge in [-0.1, -0.05) is 11.6 Å². The number of nitrogens with one attached hydrogen (secondary N) is 1. The number of anilines is 2. The number of rotatable bonds is 2. The monoisotopic (exact) mass is 227 g/mol. The molecular formula is C9H14ClN5. The van der Waals surface area contributed by atoms with Gasteiger partial charge in [-0.3, -0.25) is 0 Å². The molecule has 5 nitrogen and oxygen atoms in total. The Bertz CT molecular complexity index is 336. The quantitative estimate of drug-likeness (QED) is 0.733. The van der Waals surface area contributed by atoms with Crippen LogP contribution in [0, 0.1) is 0 Å². The molecule has 0 spiro atoms. The standard InChI is InChI=1S/C9H14ClN5/c1-15-3-2-6(5-15)12-8-4-7(10)13-9(11)14-8/h4,6H,2-3,5H2,1H3,(H3,11,12,13,14). The van der Waals surface area contributed by atoms with E-state index in [0.29, 0.717) is 17.0 Å². The van der Waals surface area contributed by atoms with E-state index >= 15 is 0 Å². The van der Waals surface area contributed by atoms with Crippen molar-refractivity contribution in [2.24, 2.45) is 0 Å². The van der Waals surface area contributed by atoms with Gasteiger partial charge in [0, 0.05) is 18.7 Å². The number of aromatic nitrogens is 2. The molecule has 82 valence electrons. The summed E-state index contributed by atoms with van der Waals surface area (Å²) in [5, 5.41) is 3.67. The lowest BCUT2D eigenvalue weighted by atomic mass is 10.2. The van der Waals surface area contributed by atoms with Gasteiger partial charge in [0.2, 0.25) is 5.95 Å². The molecule has 15 heavy (non-hydrogen) atoms. The Morgan fingerprint density at radius 3 is 3.00 bits per heavy atom. The van der Waals surface area contributed by atoms with E-state index < -0.39 is 0 Å². The highest BCUT2D eigenvalue weighted by atomic mass is 35.5. The van der Waals surface area contributed by atoms with E-state index in [-0.39, 0.29) is 5.95 Å². The number of likely N-dealkylation sites (tertiary alicyclic amines) is 1. The van der Waals surface area contributed by atoms with Gasteiger partial charge in [0.05, 0.1) is 0 Å². The van der Waals surface area contributed by atoms with Crippen molar-refractivity contribution in [1.82, 2.24) is 14.9 Å². The van der Waals surface area contributed by atoms with Crippen LogP contribution in [0.4, 0.5) is 11.8 Å². The molecule has 0 aromatic carbocycles. The largest absolute Gasteiger partial charge is 0.368 e. The Labute approximate surface area is 93.6 Å². The van der Waals surface area contributed by atoms with E-state index in [4.69, 9.17) is 17.3 Å². The molecule has 2 rings (SSSR count). The predicted molar refractivity (Wildman–Crippen MR) is 61.0 cm³/mol. The summed E-state index contributed by atoms with van der Waals surface area (Å²) in [7, 11) is 2.10. The molecule has 3 N–H and O–H groups in total. The van der Waals surface area contributed by atoms with Crippen molar-refractivity contribution in [2.75, 3.05) is 31.2 Å². The Morgan fingerprint density at radius 1 is 1.60 bits per heavy atom. The molecule has 1 aromatic rings. The van der Waals surface area contributed by atoms with Crippen LogP contribution in [0.1, 0.15) is 6.42 Å². The van der Waals surface area contributed by atoms with Crippen LogP contribution in [0.25, 0.3) is 0 Å². The van der Waals surface area contributed by atoms with Gasteiger partial charge in [0.15, 0.2) is 0 Å². The lowest BCUT2D eigenvalue weighted by Crippen LogP contribution is -2.24. The van der Waals surface area contributed by atoms with Crippen LogP contribution in [0.5, 0.6) is 0 Å². The summed E-state index contributed by atoms with van der Waals surface area (Å²) in [6, 6.07) is 2.11. The summed E-state index contributed by atoms with van der Waals surface area (Å²) in [5.41, 5.74) is 5.50. The molecule has 1 atom stereocenters. The number of nitrogen functional groups attached to an aromatic ring is 1. The Morgan fingerprint density at radius 2 is 2.40 bits per heavy atom. The fourth-order valence-corrected chi connectivity index (χ4v) is 1.96. The van der Waals surface area contributed by atoms with E-state index in [9.17, 15) is 0 Å². The molecule has 1 fully saturated rings. The fraction of sp³-hybridized carbons (Fsp3) is 0.556. The molecule has 0 radical (unpaired) electrons. The highest BCUT2D eigenvalue weighted by molar-refractivity contribution is 6.29. The zero-order chi connectivity index (χ0) is 10.8. The third kappa shape index (κ3) is 2.70. The first-order chi connectivity index (χ1) is 7.13. The van der Waals surface area contributed by atoms with Gasteiger partial charge in [0.25, 0.3) is 0 Å². The summed E-state index contributed by atoms with van der Waals surface area (Å²) in [5.74, 6) is 0.907. The number of likely N-dealkylation sites (N-methyl/N-ethyl adjacent to an activating group) is 1. The second kappa shape index (κ2) is 4.20. The van der Waals surface area contributed by atoms with Crippen LogP contribution < -0.4 is 11.1 Å². The molecule has 1 aliphatic rings. The van der Waals surface area contributed by atoms with Gasteiger partial charge < -0.3 is 16.0 Å². The first kappa shape index (κ1) is 10.4. The van der Waals surface area contributed by atoms with Crippen LogP contribution in [0.15, 0.2) is 6.07 Å². The Kier molecular flexibility index (Phi) is 2.93. The van der Waals surface area contributed by atoms with Crippen LogP contribution >= 0.6 is 11.6 Å². The summed E-state index contributed by atoms with van der Waals surface area (Å²) in [4.78, 5) is 10.1. The molecule has 1 aliphatic heterocycles. The molecule has 0 aliphatic carbocycles. The molecule has 0 saturated carbocycles. The topological polar surface area (TPSA) is 67.1 Å². The van der Waals surface area contributed by atoms with E-state index in [1.165, 1.54) is 0 Å². The molecule has 0 amide bonds. The molecule has 1 saturated heterocycles. The Hall–Kier alpha value is -1.07. The smallest absolute Gasteiger partial charge is 0.223 e. The molecule has 1 unspecified atom stereocenters. The average Bonchev–Trinajstić information content (AvgIpc) is 2.49. The Balaban J connectivity index is 2.04. The predicted octanol–water partition coefficient (Wildman–Crippen LogP) is 0.828. The third-order valence-electron chi connectivity index (χ3n) is 2.46. The van der Waals surface area contributed by atoms with E-state index in [0.717, 1.165) is 19.5 Å². The minimum atomic E-state index is 0.205. The maximum absolute atomic E-state index is 5.78. The molecule has 0 bridgehead atoms. The summed E-state index contributed by atoms with van der Waals surface area (Å²) in [6.07, 6.45) is 1.11. The van der Waals surface area contributed by atoms with Crippen LogP contribution in [-0.4, -0.2) is 41.0 Å². The van der Waals surface area contributed by atoms with E-state index in [1.54, 1.807) is 6.07 Å². The number of nitrogens with zero attached hydrogens (tertiary/aromatic N) is 3. The number of hydrogen-bond acceptors (Lipinski definition) is 5. The first-order valence-corrected chi connectivity index (χ1v) is 5.26. The summed E-state index contributed by atoms with van der Waals surface area (Å²) in [6.45, 7) is 2.12. The van der Waals surface area contributed by atoms with E-state index in [1.807, 2.05) is 0 Å². The lowest BCUT2D eigenvalue weighted by Gasteiger charge is -2.13. The van der Waals surface area contributed by atoms with Gasteiger partial charge in [0.1, 0.15) is 11.0 Å². The van der Waals surface area contributed by atoms with Crippen LogP contribution in [-0.2, 0) is 0 Å². The van der Waals surface area contributed by atoms with Crippen molar-refractivity contribution in [3.63, 3.8) is 0 Å². The third-order valence-corrected chi connectivity index (χ3v) is 2.65. The van der Waals surface area contributed by atoms with Crippen molar-refractivity contribution in [3.8, 4) is 0 Å². The zero-order valence-corrected chi connectivity index (χ0v) is 9.33. The van der Waals surface area contributed by atoms with Gasteiger partial charge in [-0.2, -0.15) is 4.98 Å². The van der Waals surface area contributed by atoms with Crippen molar-refractivity contribution < 1.29 is 0 Å². The van der Waals surface area contributed by atoms with Gasteiger partial charge >= 0.3 is 0 Å². The summed E-state index contributed by atoms with van der Waals surface area (Å²) >= 11 is 5.78.